The smallest absolute Gasteiger partial charge is 0.232 e. The lowest BCUT2D eigenvalue weighted by Crippen LogP contribution is -2.03. The average molecular weight is 93.5 g/mol. The molecule has 0 spiro atoms. The van der Waals surface area contributed by atoms with Gasteiger partial charge in [0.2, 0.25) is 5.96 Å². The molecule has 30 valence electrons. The zero-order valence-corrected chi connectivity index (χ0v) is 3.25. The molecule has 3 N–H and O–H groups in total. The molecule has 0 saturated heterocycles. The third-order valence-electron chi connectivity index (χ3n) is 0.241. The first kappa shape index (κ1) is 4.56. The number of hydrogen-bond acceptors (Lipinski definition) is 3. The second-order valence-corrected chi connectivity index (χ2v) is 0.609. The van der Waals surface area contributed by atoms with E-state index in [2.05, 4.69) is 10.5 Å². The fraction of sp³-hybridized carbons (Fsp3) is 0. The summed E-state index contributed by atoms with van der Waals surface area (Å²) >= 11 is 0. The van der Waals surface area contributed by atoms with Crippen LogP contribution in [0, 0.1) is 0 Å². The Labute approximate surface area is 35.6 Å². The highest BCUT2D eigenvalue weighted by Gasteiger charge is 1.95. The third-order valence-corrected chi connectivity index (χ3v) is 0.241. The van der Waals surface area contributed by atoms with E-state index in [0.717, 1.165) is 0 Å². The number of halogens is 1. The van der Waals surface area contributed by atoms with Gasteiger partial charge in [-0.25, -0.2) is 5.43 Å². The van der Waals surface area contributed by atoms with Gasteiger partial charge in [-0.3, -0.25) is 0 Å². The first-order valence-electron chi connectivity index (χ1n) is 0.986. The van der Waals surface area contributed by atoms with Crippen molar-refractivity contribution in [1.29, 1.82) is 0 Å². The zero-order chi connectivity index (χ0) is 2.99. The Morgan fingerprint density at radius 3 is 2.00 bits per heavy atom. The van der Waals surface area contributed by atoms with Gasteiger partial charge in [0.25, 0.3) is 0 Å². The van der Waals surface area contributed by atoms with Gasteiger partial charge in [0.05, 0.1) is 0 Å². The van der Waals surface area contributed by atoms with Crippen molar-refractivity contribution in [3.8, 4) is 0 Å². The van der Waals surface area contributed by atoms with E-state index in [-0.39, 0.29) is 12.4 Å². The van der Waals surface area contributed by atoms with Crippen LogP contribution < -0.4 is 11.2 Å². The van der Waals surface area contributed by atoms with Crippen molar-refractivity contribution in [2.45, 2.75) is 0 Å². The molecule has 1 heterocycles. The Morgan fingerprint density at radius 2 is 2.00 bits per heavy atom. The maximum absolute atomic E-state index is 4.86. The molecule has 0 saturated carbocycles. The molecule has 0 aromatic heterocycles. The standard InChI is InChI=1S/CH3N3.ClH/c2-1-3-4-1;/h(H3,2,3,4);1H. The molecule has 5 heavy (non-hydrogen) atoms. The van der Waals surface area contributed by atoms with Crippen molar-refractivity contribution in [1.82, 2.24) is 5.43 Å². The van der Waals surface area contributed by atoms with Gasteiger partial charge in [0, 0.05) is 0 Å². The minimum absolute atomic E-state index is 0. The number of guanidine groups is 1. The number of nitrogens with zero attached hydrogens (tertiary/aromatic N) is 1. The molecule has 0 aromatic carbocycles. The van der Waals surface area contributed by atoms with Crippen LogP contribution in [0.15, 0.2) is 5.10 Å². The van der Waals surface area contributed by atoms with Gasteiger partial charge in [0.15, 0.2) is 0 Å². The summed E-state index contributed by atoms with van der Waals surface area (Å²) in [6, 6.07) is 0. The Bertz CT molecular complexity index is 57.9. The van der Waals surface area contributed by atoms with Crippen LogP contribution in [0.3, 0.4) is 0 Å². The van der Waals surface area contributed by atoms with Crippen LogP contribution in [0.25, 0.3) is 0 Å². The number of hydrogen-bond donors (Lipinski definition) is 2. The van der Waals surface area contributed by atoms with Gasteiger partial charge in [0.1, 0.15) is 0 Å². The summed E-state index contributed by atoms with van der Waals surface area (Å²) in [7, 11) is 0. The zero-order valence-electron chi connectivity index (χ0n) is 2.43. The molecule has 3 nitrogen and oxygen atoms in total. The van der Waals surface area contributed by atoms with Crippen LogP contribution in [0.5, 0.6) is 0 Å². The summed E-state index contributed by atoms with van der Waals surface area (Å²) in [6.07, 6.45) is 0. The average Bonchev–Trinajstić information content (AvgIpc) is 1.75. The lowest BCUT2D eigenvalue weighted by Gasteiger charge is -1.48. The topological polar surface area (TPSA) is 60.3 Å². The van der Waals surface area contributed by atoms with Gasteiger partial charge in [-0.1, -0.05) is 0 Å². The second kappa shape index (κ2) is 1.12. The molecule has 1 aliphatic rings. The predicted molar refractivity (Wildman–Crippen MR) is 22.0 cm³/mol. The summed E-state index contributed by atoms with van der Waals surface area (Å²) in [5.41, 5.74) is 7.28. The Hall–Kier alpha value is -0.440. The predicted octanol–water partition coefficient (Wildman–Crippen LogP) is -0.759. The Morgan fingerprint density at radius 1 is 1.80 bits per heavy atom. The van der Waals surface area contributed by atoms with Crippen molar-refractivity contribution < 1.29 is 0 Å². The minimum Gasteiger partial charge on any atom is -0.367 e. The van der Waals surface area contributed by atoms with Gasteiger partial charge >= 0.3 is 0 Å². The molecule has 4 heteroatoms. The Kier molecular flexibility index (Phi) is 1.02. The normalized spacial score (nSPS) is 14.0. The molecule has 0 aromatic rings. The van der Waals surface area contributed by atoms with E-state index in [4.69, 9.17) is 5.73 Å². The maximum atomic E-state index is 4.86. The third kappa shape index (κ3) is 1.32. The van der Waals surface area contributed by atoms with E-state index >= 15 is 0 Å². The fourth-order valence-electron chi connectivity index (χ4n) is 0.0323. The first-order valence-corrected chi connectivity index (χ1v) is 0.986. The van der Waals surface area contributed by atoms with Crippen molar-refractivity contribution >= 4 is 18.4 Å². The lowest BCUT2D eigenvalue weighted by atomic mass is 11.2. The molecule has 0 aliphatic carbocycles. The summed E-state index contributed by atoms with van der Waals surface area (Å²) < 4.78 is 0. The number of hydrazone groups is 1. The van der Waals surface area contributed by atoms with Crippen LogP contribution in [0.2, 0.25) is 0 Å². The van der Waals surface area contributed by atoms with E-state index in [1.807, 2.05) is 0 Å². The quantitative estimate of drug-likeness (QED) is 0.414. The molecule has 0 unspecified atom stereocenters. The monoisotopic (exact) mass is 93.0 g/mol. The Balaban J connectivity index is 0.000000160. The number of rotatable bonds is 0. The van der Waals surface area contributed by atoms with Crippen molar-refractivity contribution in [2.75, 3.05) is 0 Å². The summed E-state index contributed by atoms with van der Waals surface area (Å²) in [4.78, 5) is 0. The SMILES string of the molecule is Cl.NC1=NN1. The largest absolute Gasteiger partial charge is 0.367 e. The van der Waals surface area contributed by atoms with Crippen molar-refractivity contribution in [3.63, 3.8) is 0 Å². The van der Waals surface area contributed by atoms with Crippen molar-refractivity contribution in [2.24, 2.45) is 10.8 Å². The highest BCUT2D eigenvalue weighted by atomic mass is 35.5. The van der Waals surface area contributed by atoms with Gasteiger partial charge in [-0.2, -0.15) is 0 Å². The van der Waals surface area contributed by atoms with Gasteiger partial charge in [-0.05, 0) is 0 Å². The highest BCUT2D eigenvalue weighted by Crippen LogP contribution is 1.68. The summed E-state index contributed by atoms with van der Waals surface area (Å²) in [6.45, 7) is 0. The lowest BCUT2D eigenvalue weighted by molar-refractivity contribution is 1.25. The molecule has 1 rings (SSSR count). The molecule has 1 aliphatic heterocycles. The molecule has 0 atom stereocenters. The molecular formula is CH4ClN3. The molecular weight excluding hydrogens is 89.5 g/mol. The number of nitrogens with one attached hydrogen (secondary N) is 1. The number of nitrogens with two attached hydrogens (primary N) is 1. The summed E-state index contributed by atoms with van der Waals surface area (Å²) in [5.74, 6) is 0.542. The molecule has 0 radical (unpaired) electrons. The first-order chi connectivity index (χ1) is 1.89. The van der Waals surface area contributed by atoms with Crippen LogP contribution in [-0.4, -0.2) is 5.96 Å². The van der Waals surface area contributed by atoms with Crippen LogP contribution in [0.1, 0.15) is 0 Å². The second-order valence-electron chi connectivity index (χ2n) is 0.609. The summed E-state index contributed by atoms with van der Waals surface area (Å²) in [5, 5.41) is 3.35. The van der Waals surface area contributed by atoms with Crippen molar-refractivity contribution in [3.05, 3.63) is 0 Å². The van der Waals surface area contributed by atoms with E-state index in [0.29, 0.717) is 5.96 Å². The van der Waals surface area contributed by atoms with Gasteiger partial charge < -0.3 is 5.73 Å². The van der Waals surface area contributed by atoms with E-state index < -0.39 is 0 Å². The maximum Gasteiger partial charge on any atom is 0.232 e. The van der Waals surface area contributed by atoms with Gasteiger partial charge in [-0.15, -0.1) is 17.5 Å². The van der Waals surface area contributed by atoms with Crippen LogP contribution in [0.4, 0.5) is 0 Å². The fourth-order valence-corrected chi connectivity index (χ4v) is 0.0323. The van der Waals surface area contributed by atoms with Crippen LogP contribution in [-0.2, 0) is 0 Å². The van der Waals surface area contributed by atoms with E-state index in [1.54, 1.807) is 0 Å². The molecule has 0 fully saturated rings. The van der Waals surface area contributed by atoms with E-state index in [1.165, 1.54) is 0 Å². The van der Waals surface area contributed by atoms with Crippen LogP contribution >= 0.6 is 12.4 Å². The van der Waals surface area contributed by atoms with E-state index in [9.17, 15) is 0 Å². The minimum atomic E-state index is 0. The highest BCUT2D eigenvalue weighted by molar-refractivity contribution is 5.86. The molecule has 0 bridgehead atoms. The molecule has 0 amide bonds.